The Labute approximate surface area is 108 Å². The monoisotopic (exact) mass is 269 g/mol. The molecule has 0 radical (unpaired) electrons. The summed E-state index contributed by atoms with van der Waals surface area (Å²) in [6, 6.07) is 5.65. The number of benzene rings is 1. The zero-order valence-electron chi connectivity index (χ0n) is 10.5. The van der Waals surface area contributed by atoms with Gasteiger partial charge in [0, 0.05) is 6.04 Å². The van der Waals surface area contributed by atoms with Gasteiger partial charge in [0.05, 0.1) is 4.90 Å². The number of phenolic OH excluding ortho intramolecular Hbond substituents is 1. The fraction of sp³-hybridized carbons (Fsp3) is 0.538. The molecule has 0 heterocycles. The first-order chi connectivity index (χ1) is 8.47. The van der Waals surface area contributed by atoms with Crippen LogP contribution in [-0.4, -0.2) is 19.6 Å². The molecule has 0 atom stereocenters. The first kappa shape index (κ1) is 13.4. The molecule has 1 aromatic carbocycles. The Balaban J connectivity index is 2.05. The molecule has 0 spiro atoms. The average molecular weight is 269 g/mol. The van der Waals surface area contributed by atoms with Crippen molar-refractivity contribution in [1.29, 1.82) is 0 Å². The Morgan fingerprint density at radius 1 is 1.11 bits per heavy atom. The first-order valence-electron chi connectivity index (χ1n) is 6.29. The summed E-state index contributed by atoms with van der Waals surface area (Å²) in [6.45, 7) is 2.20. The number of hydrogen-bond donors (Lipinski definition) is 2. The highest BCUT2D eigenvalue weighted by atomic mass is 32.2. The molecule has 2 N–H and O–H groups in total. The summed E-state index contributed by atoms with van der Waals surface area (Å²) >= 11 is 0. The molecule has 0 amide bonds. The first-order valence-corrected chi connectivity index (χ1v) is 7.77. The predicted molar refractivity (Wildman–Crippen MR) is 69.8 cm³/mol. The molecule has 1 aliphatic rings. The summed E-state index contributed by atoms with van der Waals surface area (Å²) in [4.78, 5) is 0.207. The van der Waals surface area contributed by atoms with Gasteiger partial charge in [-0.15, -0.1) is 0 Å². The SMILES string of the molecule is CC1CCC(NS(=O)(=O)c2ccc(O)cc2)CC1. The van der Waals surface area contributed by atoms with Crippen LogP contribution in [0.15, 0.2) is 29.2 Å². The van der Waals surface area contributed by atoms with Crippen LogP contribution in [-0.2, 0) is 10.0 Å². The van der Waals surface area contributed by atoms with E-state index < -0.39 is 10.0 Å². The van der Waals surface area contributed by atoms with E-state index in [1.54, 1.807) is 0 Å². The van der Waals surface area contributed by atoms with Crippen molar-refractivity contribution in [3.05, 3.63) is 24.3 Å². The van der Waals surface area contributed by atoms with Crippen molar-refractivity contribution in [3.63, 3.8) is 0 Å². The quantitative estimate of drug-likeness (QED) is 0.884. The van der Waals surface area contributed by atoms with Gasteiger partial charge in [-0.1, -0.05) is 6.92 Å². The number of aromatic hydroxyl groups is 1. The topological polar surface area (TPSA) is 66.4 Å². The van der Waals surface area contributed by atoms with Crippen molar-refractivity contribution >= 4 is 10.0 Å². The van der Waals surface area contributed by atoms with E-state index in [0.717, 1.165) is 25.7 Å². The van der Waals surface area contributed by atoms with E-state index in [0.29, 0.717) is 5.92 Å². The zero-order valence-corrected chi connectivity index (χ0v) is 11.3. The lowest BCUT2D eigenvalue weighted by Crippen LogP contribution is -2.37. The summed E-state index contributed by atoms with van der Waals surface area (Å²) in [5, 5.41) is 9.16. The van der Waals surface area contributed by atoms with Gasteiger partial charge in [0.15, 0.2) is 0 Å². The Morgan fingerprint density at radius 2 is 1.67 bits per heavy atom. The Hall–Kier alpha value is -1.07. The van der Waals surface area contributed by atoms with Crippen LogP contribution in [0.4, 0.5) is 0 Å². The third kappa shape index (κ3) is 3.23. The highest BCUT2D eigenvalue weighted by molar-refractivity contribution is 7.89. The number of hydrogen-bond acceptors (Lipinski definition) is 3. The summed E-state index contributed by atoms with van der Waals surface area (Å²) in [7, 11) is -3.46. The molecule has 2 rings (SSSR count). The Bertz CT molecular complexity index is 487. The fourth-order valence-electron chi connectivity index (χ4n) is 2.29. The smallest absolute Gasteiger partial charge is 0.240 e. The van der Waals surface area contributed by atoms with Gasteiger partial charge >= 0.3 is 0 Å². The molecule has 0 aromatic heterocycles. The van der Waals surface area contributed by atoms with Gasteiger partial charge in [-0.05, 0) is 55.9 Å². The van der Waals surface area contributed by atoms with E-state index in [1.807, 2.05) is 0 Å². The molecule has 4 nitrogen and oxygen atoms in total. The normalized spacial score (nSPS) is 24.9. The standard InChI is InChI=1S/C13H19NO3S/c1-10-2-4-11(5-3-10)14-18(16,17)13-8-6-12(15)7-9-13/h6-11,14-15H,2-5H2,1H3. The highest BCUT2D eigenvalue weighted by Crippen LogP contribution is 2.25. The van der Waals surface area contributed by atoms with Crippen molar-refractivity contribution in [2.75, 3.05) is 0 Å². The van der Waals surface area contributed by atoms with Gasteiger partial charge in [0.1, 0.15) is 5.75 Å². The van der Waals surface area contributed by atoms with Gasteiger partial charge in [0.25, 0.3) is 0 Å². The van der Waals surface area contributed by atoms with Crippen molar-refractivity contribution in [3.8, 4) is 5.75 Å². The molecule has 5 heteroatoms. The number of rotatable bonds is 3. The van der Waals surface area contributed by atoms with E-state index in [1.165, 1.54) is 24.3 Å². The molecular formula is C13H19NO3S. The minimum absolute atomic E-state index is 0.0417. The maximum Gasteiger partial charge on any atom is 0.240 e. The molecule has 1 aliphatic carbocycles. The maximum absolute atomic E-state index is 12.1. The van der Waals surface area contributed by atoms with E-state index in [9.17, 15) is 8.42 Å². The number of nitrogens with one attached hydrogen (secondary N) is 1. The van der Waals surface area contributed by atoms with Crippen LogP contribution in [0.25, 0.3) is 0 Å². The van der Waals surface area contributed by atoms with Crippen molar-refractivity contribution < 1.29 is 13.5 Å². The van der Waals surface area contributed by atoms with E-state index >= 15 is 0 Å². The van der Waals surface area contributed by atoms with Crippen LogP contribution in [0.3, 0.4) is 0 Å². The number of sulfonamides is 1. The molecule has 0 aliphatic heterocycles. The lowest BCUT2D eigenvalue weighted by atomic mass is 9.88. The minimum atomic E-state index is -3.46. The van der Waals surface area contributed by atoms with Crippen LogP contribution in [0.5, 0.6) is 5.75 Å². The maximum atomic E-state index is 12.1. The van der Waals surface area contributed by atoms with Crippen LogP contribution in [0.1, 0.15) is 32.6 Å². The van der Waals surface area contributed by atoms with Gasteiger partial charge < -0.3 is 5.11 Å². The second kappa shape index (κ2) is 5.28. The van der Waals surface area contributed by atoms with Gasteiger partial charge in [-0.2, -0.15) is 0 Å². The van der Waals surface area contributed by atoms with E-state index in [4.69, 9.17) is 5.11 Å². The summed E-state index contributed by atoms with van der Waals surface area (Å²) in [5.41, 5.74) is 0. The van der Waals surface area contributed by atoms with Crippen LogP contribution < -0.4 is 4.72 Å². The highest BCUT2D eigenvalue weighted by Gasteiger charge is 2.23. The third-order valence-corrected chi connectivity index (χ3v) is 5.02. The van der Waals surface area contributed by atoms with Crippen LogP contribution >= 0.6 is 0 Å². The summed E-state index contributed by atoms with van der Waals surface area (Å²) < 4.78 is 26.9. The van der Waals surface area contributed by atoms with Crippen LogP contribution in [0, 0.1) is 5.92 Å². The van der Waals surface area contributed by atoms with Crippen LogP contribution in [0.2, 0.25) is 0 Å². The Kier molecular flexibility index (Phi) is 3.92. The molecular weight excluding hydrogens is 250 g/mol. The molecule has 1 saturated carbocycles. The van der Waals surface area contributed by atoms with Crippen molar-refractivity contribution in [2.45, 2.75) is 43.5 Å². The second-order valence-electron chi connectivity index (χ2n) is 5.07. The fourth-order valence-corrected chi connectivity index (χ4v) is 3.60. The third-order valence-electron chi connectivity index (χ3n) is 3.48. The molecule has 0 unspecified atom stereocenters. The molecule has 100 valence electrons. The van der Waals surface area contributed by atoms with Gasteiger partial charge in [0.2, 0.25) is 10.0 Å². The van der Waals surface area contributed by atoms with E-state index in [2.05, 4.69) is 11.6 Å². The van der Waals surface area contributed by atoms with E-state index in [-0.39, 0.29) is 16.7 Å². The predicted octanol–water partition coefficient (Wildman–Crippen LogP) is 2.25. The summed E-state index contributed by atoms with van der Waals surface area (Å²) in [6.07, 6.45) is 3.95. The summed E-state index contributed by atoms with van der Waals surface area (Å²) in [5.74, 6) is 0.764. The minimum Gasteiger partial charge on any atom is -0.508 e. The molecule has 0 bridgehead atoms. The molecule has 0 saturated heterocycles. The zero-order chi connectivity index (χ0) is 13.2. The van der Waals surface area contributed by atoms with Gasteiger partial charge in [-0.25, -0.2) is 13.1 Å². The molecule has 1 aromatic rings. The average Bonchev–Trinajstić information content (AvgIpc) is 2.32. The molecule has 18 heavy (non-hydrogen) atoms. The second-order valence-corrected chi connectivity index (χ2v) is 6.79. The largest absolute Gasteiger partial charge is 0.508 e. The van der Waals surface area contributed by atoms with Gasteiger partial charge in [-0.3, -0.25) is 0 Å². The van der Waals surface area contributed by atoms with Crippen molar-refractivity contribution in [1.82, 2.24) is 4.72 Å². The lowest BCUT2D eigenvalue weighted by molar-refractivity contribution is 0.332. The lowest BCUT2D eigenvalue weighted by Gasteiger charge is -2.26. The van der Waals surface area contributed by atoms with Crippen molar-refractivity contribution in [2.24, 2.45) is 5.92 Å². The number of phenols is 1. The molecule has 1 fully saturated rings. The Morgan fingerprint density at radius 3 is 2.22 bits per heavy atom.